The lowest BCUT2D eigenvalue weighted by Gasteiger charge is -2.15. The van der Waals surface area contributed by atoms with Crippen LogP contribution in [0.3, 0.4) is 0 Å². The minimum Gasteiger partial charge on any atom is -0.409 e. The number of likely N-dealkylation sites (tertiary alicyclic amines) is 1. The molecule has 0 spiro atoms. The number of carbonyl (C=O) groups excluding carboxylic acids is 1. The molecule has 4 N–H and O–H groups in total. The summed E-state index contributed by atoms with van der Waals surface area (Å²) in [6, 6.07) is 3.65. The van der Waals surface area contributed by atoms with Gasteiger partial charge < -0.3 is 21.2 Å². The van der Waals surface area contributed by atoms with Gasteiger partial charge >= 0.3 is 0 Å². The number of amidine groups is 1. The highest BCUT2D eigenvalue weighted by Gasteiger charge is 2.17. The van der Waals surface area contributed by atoms with Gasteiger partial charge in [0.2, 0.25) is 5.91 Å². The summed E-state index contributed by atoms with van der Waals surface area (Å²) in [5.74, 6) is 0.184. The summed E-state index contributed by atoms with van der Waals surface area (Å²) in [5, 5.41) is 14.9. The quantitative estimate of drug-likeness (QED) is 0.230. The van der Waals surface area contributed by atoms with Crippen molar-refractivity contribution in [2.24, 2.45) is 10.9 Å². The maximum atomic E-state index is 11.9. The second kappa shape index (κ2) is 7.58. The molecule has 114 valence electrons. The summed E-state index contributed by atoms with van der Waals surface area (Å²) < 4.78 is 0. The Morgan fingerprint density at radius 2 is 2.24 bits per heavy atom. The summed E-state index contributed by atoms with van der Waals surface area (Å²) in [6.07, 6.45) is 4.29. The minimum absolute atomic E-state index is 0.0134. The molecule has 1 saturated heterocycles. The van der Waals surface area contributed by atoms with E-state index in [9.17, 15) is 4.79 Å². The zero-order valence-corrected chi connectivity index (χ0v) is 12.0. The first-order valence-electron chi connectivity index (χ1n) is 7.12. The van der Waals surface area contributed by atoms with Crippen molar-refractivity contribution in [3.05, 3.63) is 29.6 Å². The Morgan fingerprint density at radius 1 is 1.48 bits per heavy atom. The Balaban J connectivity index is 1.79. The van der Waals surface area contributed by atoms with E-state index in [1.807, 2.05) is 11.0 Å². The second-order valence-corrected chi connectivity index (χ2v) is 5.01. The number of hydrogen-bond acceptors (Lipinski definition) is 5. The molecule has 0 atom stereocenters. The zero-order valence-electron chi connectivity index (χ0n) is 12.0. The van der Waals surface area contributed by atoms with Crippen LogP contribution in [0.1, 0.15) is 30.5 Å². The van der Waals surface area contributed by atoms with Crippen LogP contribution in [-0.4, -0.2) is 46.5 Å². The van der Waals surface area contributed by atoms with E-state index in [2.05, 4.69) is 15.5 Å². The van der Waals surface area contributed by atoms with E-state index in [1.165, 1.54) is 0 Å². The largest absolute Gasteiger partial charge is 0.409 e. The summed E-state index contributed by atoms with van der Waals surface area (Å²) in [7, 11) is 0. The van der Waals surface area contributed by atoms with Gasteiger partial charge in [0, 0.05) is 38.8 Å². The van der Waals surface area contributed by atoms with Gasteiger partial charge in [0.25, 0.3) is 0 Å². The van der Waals surface area contributed by atoms with Crippen LogP contribution in [0.15, 0.2) is 23.5 Å². The lowest BCUT2D eigenvalue weighted by Crippen LogP contribution is -2.30. The van der Waals surface area contributed by atoms with Crippen molar-refractivity contribution in [1.29, 1.82) is 0 Å². The van der Waals surface area contributed by atoms with Crippen molar-refractivity contribution in [2.75, 3.05) is 19.6 Å². The van der Waals surface area contributed by atoms with Crippen LogP contribution in [-0.2, 0) is 11.3 Å². The lowest BCUT2D eigenvalue weighted by molar-refractivity contribution is -0.130. The maximum Gasteiger partial charge on any atom is 0.223 e. The average molecular weight is 291 g/mol. The van der Waals surface area contributed by atoms with E-state index < -0.39 is 0 Å². The molecule has 2 heterocycles. The molecule has 0 radical (unpaired) electrons. The monoisotopic (exact) mass is 291 g/mol. The van der Waals surface area contributed by atoms with Crippen molar-refractivity contribution in [3.63, 3.8) is 0 Å². The Labute approximate surface area is 123 Å². The molecule has 0 aliphatic carbocycles. The Morgan fingerprint density at radius 3 is 2.95 bits per heavy atom. The predicted molar refractivity (Wildman–Crippen MR) is 78.9 cm³/mol. The first kappa shape index (κ1) is 15.2. The number of amides is 1. The van der Waals surface area contributed by atoms with E-state index >= 15 is 0 Å². The average Bonchev–Trinajstić information content (AvgIpc) is 3.05. The van der Waals surface area contributed by atoms with Crippen LogP contribution in [0, 0.1) is 0 Å². The van der Waals surface area contributed by atoms with Gasteiger partial charge in [-0.3, -0.25) is 9.78 Å². The van der Waals surface area contributed by atoms with Crippen LogP contribution >= 0.6 is 0 Å². The third kappa shape index (κ3) is 4.16. The van der Waals surface area contributed by atoms with Gasteiger partial charge in [0.1, 0.15) is 5.69 Å². The van der Waals surface area contributed by atoms with Crippen molar-refractivity contribution in [2.45, 2.75) is 25.8 Å². The smallest absolute Gasteiger partial charge is 0.223 e. The predicted octanol–water partition coefficient (Wildman–Crippen LogP) is 0.278. The highest BCUT2D eigenvalue weighted by molar-refractivity contribution is 5.96. The number of oxime groups is 1. The number of hydrogen-bond donors (Lipinski definition) is 3. The fourth-order valence-corrected chi connectivity index (χ4v) is 2.40. The maximum absolute atomic E-state index is 11.9. The Bertz CT molecular complexity index is 512. The topological polar surface area (TPSA) is 104 Å². The molecule has 1 aromatic rings. The highest BCUT2D eigenvalue weighted by Crippen LogP contribution is 2.09. The van der Waals surface area contributed by atoms with Gasteiger partial charge in [-0.1, -0.05) is 11.2 Å². The first-order valence-corrected chi connectivity index (χ1v) is 7.12. The molecule has 1 fully saturated rings. The summed E-state index contributed by atoms with van der Waals surface area (Å²) in [4.78, 5) is 17.9. The fourth-order valence-electron chi connectivity index (χ4n) is 2.40. The molecule has 1 amide bonds. The minimum atomic E-state index is -0.0134. The van der Waals surface area contributed by atoms with Gasteiger partial charge in [-0.15, -0.1) is 0 Å². The molecule has 2 rings (SSSR count). The SMILES string of the molecule is N/C(=N/O)c1ncccc1CNCCC(=O)N1CCCC1. The summed E-state index contributed by atoms with van der Waals surface area (Å²) in [5.41, 5.74) is 6.87. The van der Waals surface area contributed by atoms with E-state index in [0.717, 1.165) is 31.5 Å². The van der Waals surface area contributed by atoms with Crippen LogP contribution in [0.25, 0.3) is 0 Å². The molecule has 0 aromatic carbocycles. The highest BCUT2D eigenvalue weighted by atomic mass is 16.4. The molecule has 1 aliphatic rings. The molecular formula is C14H21N5O2. The summed E-state index contributed by atoms with van der Waals surface area (Å²) >= 11 is 0. The van der Waals surface area contributed by atoms with Crippen LogP contribution in [0.5, 0.6) is 0 Å². The van der Waals surface area contributed by atoms with Crippen LogP contribution in [0.4, 0.5) is 0 Å². The lowest BCUT2D eigenvalue weighted by atomic mass is 10.2. The van der Waals surface area contributed by atoms with Gasteiger partial charge in [0.15, 0.2) is 5.84 Å². The number of nitrogens with one attached hydrogen (secondary N) is 1. The standard InChI is InChI=1S/C14H21N5O2/c15-14(18-21)13-11(4-3-6-17-13)10-16-7-5-12(20)19-8-1-2-9-19/h3-4,6,16,21H,1-2,5,7-10H2,(H2,15,18). The first-order chi connectivity index (χ1) is 10.2. The van der Waals surface area contributed by atoms with Crippen LogP contribution in [0.2, 0.25) is 0 Å². The molecule has 7 nitrogen and oxygen atoms in total. The molecule has 1 aromatic heterocycles. The van der Waals surface area contributed by atoms with Crippen molar-refractivity contribution in [3.8, 4) is 0 Å². The number of nitrogens with two attached hydrogens (primary N) is 1. The van der Waals surface area contributed by atoms with Gasteiger partial charge in [-0.2, -0.15) is 0 Å². The zero-order chi connectivity index (χ0) is 15.1. The molecule has 0 bridgehead atoms. The normalized spacial score (nSPS) is 15.4. The van der Waals surface area contributed by atoms with E-state index in [0.29, 0.717) is 25.2 Å². The number of rotatable bonds is 6. The van der Waals surface area contributed by atoms with E-state index in [4.69, 9.17) is 10.9 Å². The molecule has 0 unspecified atom stereocenters. The van der Waals surface area contributed by atoms with Crippen molar-refractivity contribution >= 4 is 11.7 Å². The number of aromatic nitrogens is 1. The van der Waals surface area contributed by atoms with E-state index in [1.54, 1.807) is 12.3 Å². The number of carbonyl (C=O) groups is 1. The number of pyridine rings is 1. The number of nitrogens with zero attached hydrogens (tertiary/aromatic N) is 3. The van der Waals surface area contributed by atoms with Crippen LogP contribution < -0.4 is 11.1 Å². The fraction of sp³-hybridized carbons (Fsp3) is 0.500. The van der Waals surface area contributed by atoms with Crippen molar-refractivity contribution in [1.82, 2.24) is 15.2 Å². The van der Waals surface area contributed by atoms with Gasteiger partial charge in [-0.05, 0) is 24.5 Å². The van der Waals surface area contributed by atoms with Gasteiger partial charge in [0.05, 0.1) is 0 Å². The summed E-state index contributed by atoms with van der Waals surface area (Å²) in [6.45, 7) is 2.89. The molecule has 0 saturated carbocycles. The van der Waals surface area contributed by atoms with Gasteiger partial charge in [-0.25, -0.2) is 0 Å². The molecule has 1 aliphatic heterocycles. The Hall–Kier alpha value is -2.15. The second-order valence-electron chi connectivity index (χ2n) is 5.01. The molecule has 21 heavy (non-hydrogen) atoms. The molecular weight excluding hydrogens is 270 g/mol. The van der Waals surface area contributed by atoms with Crippen molar-refractivity contribution < 1.29 is 10.0 Å². The third-order valence-electron chi connectivity index (χ3n) is 3.53. The molecule has 7 heteroatoms. The van der Waals surface area contributed by atoms with E-state index in [-0.39, 0.29) is 11.7 Å². The Kier molecular flexibility index (Phi) is 5.51. The third-order valence-corrected chi connectivity index (χ3v) is 3.53.